The number of hydrogen-bond donors (Lipinski definition) is 0. The summed E-state index contributed by atoms with van der Waals surface area (Å²) in [5.41, 5.74) is 2.44. The van der Waals surface area contributed by atoms with Gasteiger partial charge in [-0.3, -0.25) is 4.68 Å². The average Bonchev–Trinajstić information content (AvgIpc) is 3.24. The number of hydrogen-bond acceptors (Lipinski definition) is 5. The van der Waals surface area contributed by atoms with Crippen LogP contribution in [0.3, 0.4) is 0 Å². The molecule has 30 heavy (non-hydrogen) atoms. The monoisotopic (exact) mass is 424 g/mol. The van der Waals surface area contributed by atoms with Crippen molar-refractivity contribution in [2.45, 2.75) is 65.8 Å². The van der Waals surface area contributed by atoms with Gasteiger partial charge in [0.05, 0.1) is 30.4 Å². The van der Waals surface area contributed by atoms with Crippen LogP contribution < -0.4 is 4.84 Å². The van der Waals surface area contributed by atoms with Gasteiger partial charge in [0.2, 0.25) is 0 Å². The van der Waals surface area contributed by atoms with Crippen molar-refractivity contribution in [2.24, 2.45) is 5.41 Å². The van der Waals surface area contributed by atoms with Crippen LogP contribution >= 0.6 is 0 Å². The Labute approximate surface area is 179 Å². The Morgan fingerprint density at radius 3 is 2.60 bits per heavy atom. The molecule has 0 radical (unpaired) electrons. The van der Waals surface area contributed by atoms with E-state index >= 15 is 0 Å². The van der Waals surface area contributed by atoms with Crippen molar-refractivity contribution in [2.75, 3.05) is 6.61 Å². The maximum Gasteiger partial charge on any atom is 0.179 e. The third-order valence-electron chi connectivity index (χ3n) is 5.18. The Hall–Kier alpha value is -2.66. The molecular weight excluding hydrogens is 392 g/mol. The lowest BCUT2D eigenvalue weighted by Crippen LogP contribution is -2.25. The molecule has 0 N–H and O–H groups in total. The minimum absolute atomic E-state index is 0.0100. The van der Waals surface area contributed by atoms with Crippen molar-refractivity contribution in [3.05, 3.63) is 30.5 Å². The second-order valence-corrected chi connectivity index (χ2v) is 15.7. The van der Waals surface area contributed by atoms with Gasteiger partial charge in [-0.15, -0.1) is 0 Å². The van der Waals surface area contributed by atoms with Gasteiger partial charge in [0, 0.05) is 31.4 Å². The first-order valence-electron chi connectivity index (χ1n) is 10.4. The molecule has 8 heteroatoms. The lowest BCUT2D eigenvalue weighted by molar-refractivity contribution is 0.130. The lowest BCUT2D eigenvalue weighted by Gasteiger charge is -2.28. The van der Waals surface area contributed by atoms with E-state index in [9.17, 15) is 5.26 Å². The van der Waals surface area contributed by atoms with Crippen molar-refractivity contribution in [1.29, 1.82) is 5.26 Å². The Morgan fingerprint density at radius 2 is 1.97 bits per heavy atom. The predicted octanol–water partition coefficient (Wildman–Crippen LogP) is 4.87. The third-order valence-corrected chi connectivity index (χ3v) is 6.89. The second-order valence-electron chi connectivity index (χ2n) is 10.1. The molecule has 0 spiro atoms. The van der Waals surface area contributed by atoms with Crippen LogP contribution in [0, 0.1) is 23.7 Å². The summed E-state index contributed by atoms with van der Waals surface area (Å²) in [5, 5.41) is 14.8. The Balaban J connectivity index is 1.96. The van der Waals surface area contributed by atoms with Crippen LogP contribution in [0.1, 0.15) is 39.1 Å². The molecule has 0 aliphatic rings. The molecule has 3 aromatic rings. The topological polar surface area (TPSA) is 81.5 Å². The fourth-order valence-electron chi connectivity index (χ4n) is 3.39. The maximum absolute atomic E-state index is 9.26. The molecule has 0 bridgehead atoms. The van der Waals surface area contributed by atoms with Crippen molar-refractivity contribution >= 4 is 19.1 Å². The molecule has 160 valence electrons. The Kier molecular flexibility index (Phi) is 6.04. The molecular formula is C22H32N6OSi. The quantitative estimate of drug-likeness (QED) is 0.505. The third kappa shape index (κ3) is 4.90. The molecule has 7 nitrogen and oxygen atoms in total. The zero-order valence-corrected chi connectivity index (χ0v) is 20.1. The van der Waals surface area contributed by atoms with Gasteiger partial charge in [0.25, 0.3) is 0 Å². The zero-order valence-electron chi connectivity index (χ0n) is 19.1. The largest absolute Gasteiger partial charge is 0.413 e. The highest BCUT2D eigenvalue weighted by molar-refractivity contribution is 6.76. The Bertz CT molecular complexity index is 1060. The summed E-state index contributed by atoms with van der Waals surface area (Å²) in [6.07, 6.45) is 6.12. The minimum Gasteiger partial charge on any atom is -0.413 e. The number of fused-ring (bicyclic) bond motifs is 1. The fourth-order valence-corrected chi connectivity index (χ4v) is 4.09. The van der Waals surface area contributed by atoms with Crippen molar-refractivity contribution in [1.82, 2.24) is 24.5 Å². The van der Waals surface area contributed by atoms with Crippen LogP contribution in [0.25, 0.3) is 22.3 Å². The van der Waals surface area contributed by atoms with E-state index < -0.39 is 8.07 Å². The fraction of sp³-hybridized carbons (Fsp3) is 0.545. The summed E-state index contributed by atoms with van der Waals surface area (Å²) in [4.78, 5) is 15.3. The molecule has 0 aromatic carbocycles. The normalized spacial score (nSPS) is 13.4. The first kappa shape index (κ1) is 22.0. The highest BCUT2D eigenvalue weighted by atomic mass is 28.3. The molecule has 3 rings (SSSR count). The van der Waals surface area contributed by atoms with Gasteiger partial charge in [0.1, 0.15) is 12.4 Å². The van der Waals surface area contributed by atoms with E-state index in [4.69, 9.17) is 9.82 Å². The van der Waals surface area contributed by atoms with Gasteiger partial charge < -0.3 is 4.84 Å². The van der Waals surface area contributed by atoms with Crippen molar-refractivity contribution < 1.29 is 4.84 Å². The van der Waals surface area contributed by atoms with Crippen LogP contribution in [0.2, 0.25) is 25.7 Å². The van der Waals surface area contributed by atoms with Gasteiger partial charge in [0.15, 0.2) is 5.65 Å². The molecule has 0 unspecified atom stereocenters. The van der Waals surface area contributed by atoms with Gasteiger partial charge in [-0.2, -0.15) is 15.1 Å². The number of nitriles is 1. The molecule has 3 heterocycles. The highest BCUT2D eigenvalue weighted by Crippen LogP contribution is 2.34. The molecule has 0 aliphatic carbocycles. The number of aryl methyl sites for hydroxylation is 1. The smallest absolute Gasteiger partial charge is 0.179 e. The molecule has 0 saturated carbocycles. The van der Waals surface area contributed by atoms with E-state index in [1.165, 1.54) is 0 Å². The van der Waals surface area contributed by atoms with Gasteiger partial charge >= 0.3 is 0 Å². The number of rotatable bonds is 7. The number of nitrogens with zero attached hydrogens (tertiary/aromatic N) is 6. The predicted molar refractivity (Wildman–Crippen MR) is 122 cm³/mol. The van der Waals surface area contributed by atoms with Crippen LogP contribution in [0.5, 0.6) is 0 Å². The average molecular weight is 425 g/mol. The molecule has 0 amide bonds. The molecule has 1 atom stereocenters. The van der Waals surface area contributed by atoms with Crippen LogP contribution in [0.15, 0.2) is 24.7 Å². The molecule has 3 aromatic heterocycles. The summed E-state index contributed by atoms with van der Waals surface area (Å²) >= 11 is 0. The SMILES string of the molecule is Cc1nc(-c2cnn([C@@H](CC#N)C(C)(C)C)c2)c2ccn(OCC[Si](C)(C)C)c2n1. The van der Waals surface area contributed by atoms with Crippen LogP contribution in [-0.4, -0.2) is 39.2 Å². The van der Waals surface area contributed by atoms with E-state index in [1.807, 2.05) is 36.3 Å². The van der Waals surface area contributed by atoms with Crippen molar-refractivity contribution in [3.63, 3.8) is 0 Å². The Morgan fingerprint density at radius 1 is 1.23 bits per heavy atom. The lowest BCUT2D eigenvalue weighted by atomic mass is 9.85. The van der Waals surface area contributed by atoms with E-state index in [1.54, 1.807) is 4.73 Å². The molecule has 0 saturated heterocycles. The van der Waals surface area contributed by atoms with Crippen LogP contribution in [0.4, 0.5) is 0 Å². The van der Waals surface area contributed by atoms with Crippen molar-refractivity contribution in [3.8, 4) is 17.3 Å². The molecule has 0 aliphatic heterocycles. The second kappa shape index (κ2) is 8.23. The maximum atomic E-state index is 9.26. The summed E-state index contributed by atoms with van der Waals surface area (Å²) in [5.74, 6) is 0.684. The van der Waals surface area contributed by atoms with E-state index in [2.05, 4.69) is 56.6 Å². The van der Waals surface area contributed by atoms with Crippen LogP contribution in [-0.2, 0) is 0 Å². The minimum atomic E-state index is -1.17. The highest BCUT2D eigenvalue weighted by Gasteiger charge is 2.27. The summed E-state index contributed by atoms with van der Waals surface area (Å²) in [7, 11) is -1.17. The summed E-state index contributed by atoms with van der Waals surface area (Å²) in [6, 6.07) is 5.36. The number of aromatic nitrogens is 5. The van der Waals surface area contributed by atoms with Gasteiger partial charge in [-0.1, -0.05) is 40.4 Å². The van der Waals surface area contributed by atoms with E-state index in [0.717, 1.165) is 28.3 Å². The van der Waals surface area contributed by atoms with Gasteiger partial charge in [-0.05, 0) is 24.4 Å². The first-order chi connectivity index (χ1) is 14.0. The standard InChI is InChI=1S/C22H32N6OSi/c1-16-25-20(17-14-24-27(15-17)19(8-10-23)22(2,3)4)18-9-11-28(21(18)26-16)29-12-13-30(5,6)7/h9,11,14-15,19H,8,12-13H2,1-7H3/t19-/m0/s1. The van der Waals surface area contributed by atoms with E-state index in [-0.39, 0.29) is 11.5 Å². The first-order valence-corrected chi connectivity index (χ1v) is 14.1. The summed E-state index contributed by atoms with van der Waals surface area (Å²) in [6.45, 7) is 16.0. The van der Waals surface area contributed by atoms with Gasteiger partial charge in [-0.25, -0.2) is 9.97 Å². The zero-order chi connectivity index (χ0) is 22.1. The molecule has 0 fully saturated rings. The van der Waals surface area contributed by atoms with E-state index in [0.29, 0.717) is 18.9 Å². The summed E-state index contributed by atoms with van der Waals surface area (Å²) < 4.78 is 3.65.